The lowest BCUT2D eigenvalue weighted by Crippen LogP contribution is -1.97. The molecular formula is C12H14FN3S. The first-order valence-corrected chi connectivity index (χ1v) is 6.36. The number of hydrogen-bond acceptors (Lipinski definition) is 4. The minimum atomic E-state index is -0.335. The Hall–Kier alpha value is -1.33. The van der Waals surface area contributed by atoms with Crippen LogP contribution in [0.5, 0.6) is 0 Å². The predicted octanol–water partition coefficient (Wildman–Crippen LogP) is 2.76. The van der Waals surface area contributed by atoms with Crippen LogP contribution in [0.4, 0.5) is 4.39 Å². The van der Waals surface area contributed by atoms with E-state index >= 15 is 0 Å². The number of nitrogens with two attached hydrogens (primary N) is 1. The summed E-state index contributed by atoms with van der Waals surface area (Å²) in [6.07, 6.45) is 3.16. The second kappa shape index (κ2) is 5.33. The summed E-state index contributed by atoms with van der Waals surface area (Å²) in [6, 6.07) is 3.04. The van der Waals surface area contributed by atoms with Gasteiger partial charge in [0.15, 0.2) is 0 Å². The van der Waals surface area contributed by atoms with Gasteiger partial charge in [-0.25, -0.2) is 9.37 Å². The van der Waals surface area contributed by atoms with Crippen molar-refractivity contribution in [1.29, 1.82) is 0 Å². The van der Waals surface area contributed by atoms with Crippen LogP contribution < -0.4 is 5.73 Å². The quantitative estimate of drug-likeness (QED) is 0.909. The van der Waals surface area contributed by atoms with Crippen molar-refractivity contribution in [2.24, 2.45) is 5.73 Å². The van der Waals surface area contributed by atoms with E-state index in [1.807, 2.05) is 0 Å². The maximum Gasteiger partial charge on any atom is 0.142 e. The molecule has 0 fully saturated rings. The van der Waals surface area contributed by atoms with Gasteiger partial charge in [0, 0.05) is 11.4 Å². The molecule has 2 aromatic heterocycles. The Labute approximate surface area is 104 Å². The number of rotatable bonds is 4. The first-order chi connectivity index (χ1) is 8.24. The van der Waals surface area contributed by atoms with E-state index in [1.54, 1.807) is 6.07 Å². The first-order valence-electron chi connectivity index (χ1n) is 5.55. The summed E-state index contributed by atoms with van der Waals surface area (Å²) in [7, 11) is 0. The lowest BCUT2D eigenvalue weighted by atomic mass is 10.2. The summed E-state index contributed by atoms with van der Waals surface area (Å²) in [5.41, 5.74) is 7.43. The Morgan fingerprint density at radius 2 is 2.24 bits per heavy atom. The maximum absolute atomic E-state index is 12.8. The van der Waals surface area contributed by atoms with Crippen LogP contribution in [0.1, 0.15) is 23.9 Å². The standard InChI is InChI=1S/C12H14FN3S/c1-2-3-9-11(6-14)17-12(16-9)10-5-4-8(13)7-15-10/h4-5,7H,2-3,6,14H2,1H3. The Morgan fingerprint density at radius 1 is 1.41 bits per heavy atom. The smallest absolute Gasteiger partial charge is 0.142 e. The molecule has 0 spiro atoms. The highest BCUT2D eigenvalue weighted by molar-refractivity contribution is 7.15. The fraction of sp³-hybridized carbons (Fsp3) is 0.333. The lowest BCUT2D eigenvalue weighted by Gasteiger charge is -1.95. The Balaban J connectivity index is 2.35. The van der Waals surface area contributed by atoms with Crippen molar-refractivity contribution in [3.63, 3.8) is 0 Å². The zero-order valence-electron chi connectivity index (χ0n) is 9.61. The van der Waals surface area contributed by atoms with E-state index in [4.69, 9.17) is 5.73 Å². The van der Waals surface area contributed by atoms with Gasteiger partial charge < -0.3 is 5.73 Å². The van der Waals surface area contributed by atoms with Gasteiger partial charge in [0.2, 0.25) is 0 Å². The molecule has 90 valence electrons. The van der Waals surface area contributed by atoms with Crippen molar-refractivity contribution in [3.05, 3.63) is 34.7 Å². The molecule has 2 aromatic rings. The molecular weight excluding hydrogens is 237 g/mol. The Kier molecular flexibility index (Phi) is 3.81. The molecule has 17 heavy (non-hydrogen) atoms. The average Bonchev–Trinajstić information content (AvgIpc) is 2.74. The number of aromatic nitrogens is 2. The monoisotopic (exact) mass is 251 g/mol. The average molecular weight is 251 g/mol. The SMILES string of the molecule is CCCc1nc(-c2ccc(F)cn2)sc1CN. The molecule has 5 heteroatoms. The number of pyridine rings is 1. The van der Waals surface area contributed by atoms with E-state index in [1.165, 1.54) is 23.6 Å². The third-order valence-corrected chi connectivity index (χ3v) is 3.54. The molecule has 0 aromatic carbocycles. The zero-order valence-corrected chi connectivity index (χ0v) is 10.4. The molecule has 0 aliphatic heterocycles. The van der Waals surface area contributed by atoms with Crippen LogP contribution >= 0.6 is 11.3 Å². The van der Waals surface area contributed by atoms with Crippen LogP contribution in [0.2, 0.25) is 0 Å². The van der Waals surface area contributed by atoms with Crippen molar-refractivity contribution in [2.45, 2.75) is 26.3 Å². The fourth-order valence-corrected chi connectivity index (χ4v) is 2.55. The molecule has 2 rings (SSSR count). The van der Waals surface area contributed by atoms with Gasteiger partial charge >= 0.3 is 0 Å². The summed E-state index contributed by atoms with van der Waals surface area (Å²) in [5.74, 6) is -0.335. The first kappa shape index (κ1) is 12.1. The number of halogens is 1. The minimum absolute atomic E-state index is 0.335. The highest BCUT2D eigenvalue weighted by Gasteiger charge is 2.11. The van der Waals surface area contributed by atoms with Gasteiger partial charge in [-0.15, -0.1) is 11.3 Å². The van der Waals surface area contributed by atoms with Gasteiger partial charge in [-0.1, -0.05) is 13.3 Å². The molecule has 2 N–H and O–H groups in total. The number of aryl methyl sites for hydroxylation is 1. The predicted molar refractivity (Wildman–Crippen MR) is 67.2 cm³/mol. The fourth-order valence-electron chi connectivity index (χ4n) is 1.59. The topological polar surface area (TPSA) is 51.8 Å². The number of hydrogen-bond donors (Lipinski definition) is 1. The largest absolute Gasteiger partial charge is 0.326 e. The molecule has 0 saturated heterocycles. The summed E-state index contributed by atoms with van der Waals surface area (Å²) < 4.78 is 12.8. The third kappa shape index (κ3) is 2.68. The second-order valence-corrected chi connectivity index (χ2v) is 4.79. The normalized spacial score (nSPS) is 10.8. The van der Waals surface area contributed by atoms with Crippen molar-refractivity contribution >= 4 is 11.3 Å². The van der Waals surface area contributed by atoms with Gasteiger partial charge in [-0.2, -0.15) is 0 Å². The molecule has 0 aliphatic rings. The van der Waals surface area contributed by atoms with Gasteiger partial charge in [-0.3, -0.25) is 4.98 Å². The van der Waals surface area contributed by atoms with E-state index in [-0.39, 0.29) is 5.82 Å². The van der Waals surface area contributed by atoms with Crippen molar-refractivity contribution < 1.29 is 4.39 Å². The summed E-state index contributed by atoms with van der Waals surface area (Å²) in [4.78, 5) is 9.64. The Morgan fingerprint density at radius 3 is 2.82 bits per heavy atom. The highest BCUT2D eigenvalue weighted by Crippen LogP contribution is 2.27. The van der Waals surface area contributed by atoms with E-state index in [9.17, 15) is 4.39 Å². The van der Waals surface area contributed by atoms with E-state index in [2.05, 4.69) is 16.9 Å². The Bertz CT molecular complexity index is 493. The van der Waals surface area contributed by atoms with Gasteiger partial charge in [0.05, 0.1) is 17.6 Å². The maximum atomic E-state index is 12.8. The third-order valence-electron chi connectivity index (χ3n) is 2.40. The van der Waals surface area contributed by atoms with Crippen molar-refractivity contribution in [1.82, 2.24) is 9.97 Å². The van der Waals surface area contributed by atoms with Crippen LogP contribution in [-0.4, -0.2) is 9.97 Å². The highest BCUT2D eigenvalue weighted by atomic mass is 32.1. The van der Waals surface area contributed by atoms with E-state index in [0.717, 1.165) is 28.4 Å². The molecule has 3 nitrogen and oxygen atoms in total. The molecule has 0 atom stereocenters. The lowest BCUT2D eigenvalue weighted by molar-refractivity contribution is 0.622. The molecule has 0 saturated carbocycles. The van der Waals surface area contributed by atoms with Gasteiger partial charge in [0.1, 0.15) is 10.8 Å². The van der Waals surface area contributed by atoms with Crippen LogP contribution in [0, 0.1) is 5.82 Å². The van der Waals surface area contributed by atoms with Crippen LogP contribution in [0.25, 0.3) is 10.7 Å². The molecule has 0 amide bonds. The summed E-state index contributed by atoms with van der Waals surface area (Å²) in [6.45, 7) is 2.60. The molecule has 0 aliphatic carbocycles. The van der Waals surface area contributed by atoms with Crippen molar-refractivity contribution in [3.8, 4) is 10.7 Å². The van der Waals surface area contributed by atoms with E-state index < -0.39 is 0 Å². The summed E-state index contributed by atoms with van der Waals surface area (Å²) in [5, 5.41) is 0.814. The van der Waals surface area contributed by atoms with Crippen molar-refractivity contribution in [2.75, 3.05) is 0 Å². The molecule has 2 heterocycles. The van der Waals surface area contributed by atoms with E-state index in [0.29, 0.717) is 12.2 Å². The van der Waals surface area contributed by atoms with Crippen LogP contribution in [0.3, 0.4) is 0 Å². The number of thiazole rings is 1. The summed E-state index contributed by atoms with van der Waals surface area (Å²) >= 11 is 1.54. The van der Waals surface area contributed by atoms with Gasteiger partial charge in [0.25, 0.3) is 0 Å². The van der Waals surface area contributed by atoms with Crippen LogP contribution in [-0.2, 0) is 13.0 Å². The van der Waals surface area contributed by atoms with Gasteiger partial charge in [-0.05, 0) is 18.6 Å². The second-order valence-electron chi connectivity index (χ2n) is 3.70. The minimum Gasteiger partial charge on any atom is -0.326 e. The van der Waals surface area contributed by atoms with Crippen LogP contribution in [0.15, 0.2) is 18.3 Å². The zero-order chi connectivity index (χ0) is 12.3. The molecule has 0 bridgehead atoms. The molecule has 0 unspecified atom stereocenters. The number of nitrogens with zero attached hydrogens (tertiary/aromatic N) is 2. The molecule has 0 radical (unpaired) electrons.